The van der Waals surface area contributed by atoms with E-state index in [0.29, 0.717) is 5.57 Å². The van der Waals surface area contributed by atoms with Crippen LogP contribution in [0.15, 0.2) is 53.6 Å². The first-order valence-corrected chi connectivity index (χ1v) is 6.30. The fourth-order valence-electron chi connectivity index (χ4n) is 2.12. The highest BCUT2D eigenvalue weighted by molar-refractivity contribution is 5.98. The number of rotatable bonds is 4. The maximum absolute atomic E-state index is 11.4. The maximum atomic E-state index is 11.4. The van der Waals surface area contributed by atoms with Gasteiger partial charge >= 0.3 is 5.97 Å². The first-order valence-electron chi connectivity index (χ1n) is 6.30. The van der Waals surface area contributed by atoms with Crippen LogP contribution in [0.5, 0.6) is 0 Å². The quantitative estimate of drug-likeness (QED) is 0.810. The third kappa shape index (κ3) is 3.13. The van der Waals surface area contributed by atoms with E-state index in [0.717, 1.165) is 29.7 Å². The van der Waals surface area contributed by atoms with E-state index < -0.39 is 5.97 Å². The van der Waals surface area contributed by atoms with Crippen LogP contribution in [-0.2, 0) is 4.79 Å². The van der Waals surface area contributed by atoms with Gasteiger partial charge in [0.1, 0.15) is 0 Å². The molecule has 0 fully saturated rings. The highest BCUT2D eigenvalue weighted by atomic mass is 16.4. The van der Waals surface area contributed by atoms with Crippen LogP contribution in [0.3, 0.4) is 0 Å². The lowest BCUT2D eigenvalue weighted by molar-refractivity contribution is -0.132. The number of carboxylic acids is 1. The van der Waals surface area contributed by atoms with Gasteiger partial charge in [0, 0.05) is 12.7 Å². The van der Waals surface area contributed by atoms with Gasteiger partial charge in [0.05, 0.1) is 5.57 Å². The number of anilines is 1. The van der Waals surface area contributed by atoms with Crippen molar-refractivity contribution in [1.29, 1.82) is 0 Å². The van der Waals surface area contributed by atoms with Crippen LogP contribution in [0.2, 0.25) is 0 Å². The van der Waals surface area contributed by atoms with Crippen LogP contribution in [0.1, 0.15) is 18.4 Å². The van der Waals surface area contributed by atoms with Crippen molar-refractivity contribution in [3.05, 3.63) is 59.2 Å². The molecule has 19 heavy (non-hydrogen) atoms. The number of allylic oxidation sites excluding steroid dienone is 3. The number of hydrogen-bond acceptors (Lipinski definition) is 2. The molecule has 98 valence electrons. The second-order valence-corrected chi connectivity index (χ2v) is 4.36. The normalized spacial score (nSPS) is 15.0. The number of hydrogen-bond donors (Lipinski definition) is 2. The zero-order valence-electron chi connectivity index (χ0n) is 10.9. The van der Waals surface area contributed by atoms with Crippen LogP contribution in [0.4, 0.5) is 5.69 Å². The lowest BCUT2D eigenvalue weighted by Gasteiger charge is -2.11. The number of carbonyl (C=O) groups is 1. The van der Waals surface area contributed by atoms with Crippen LogP contribution in [-0.4, -0.2) is 18.1 Å². The van der Waals surface area contributed by atoms with E-state index >= 15 is 0 Å². The smallest absolute Gasteiger partial charge is 0.335 e. The summed E-state index contributed by atoms with van der Waals surface area (Å²) < 4.78 is 0. The summed E-state index contributed by atoms with van der Waals surface area (Å²) in [4.78, 5) is 11.4. The van der Waals surface area contributed by atoms with Crippen molar-refractivity contribution in [3.63, 3.8) is 0 Å². The van der Waals surface area contributed by atoms with E-state index in [9.17, 15) is 9.90 Å². The topological polar surface area (TPSA) is 49.3 Å². The van der Waals surface area contributed by atoms with Crippen LogP contribution in [0, 0.1) is 0 Å². The number of benzene rings is 1. The molecule has 0 spiro atoms. The summed E-state index contributed by atoms with van der Waals surface area (Å²) in [5.74, 6) is -0.882. The molecule has 0 saturated carbocycles. The standard InChI is InChI=1S/C16H17NO2/c1-17-15-10-6-5-9-13(15)11-14(16(18)19)12-7-3-2-4-8-12/h2-3,5-7,9-11,17H,4,8H2,1H3,(H,18,19)/b14-11+. The molecule has 0 saturated heterocycles. The van der Waals surface area contributed by atoms with Crippen molar-refractivity contribution in [2.24, 2.45) is 0 Å². The second kappa shape index (κ2) is 6.05. The molecule has 0 aromatic heterocycles. The van der Waals surface area contributed by atoms with E-state index in [1.807, 2.05) is 49.5 Å². The summed E-state index contributed by atoms with van der Waals surface area (Å²) >= 11 is 0. The molecule has 1 aliphatic rings. The summed E-state index contributed by atoms with van der Waals surface area (Å²) in [6.07, 6.45) is 9.25. The van der Waals surface area contributed by atoms with Crippen molar-refractivity contribution < 1.29 is 9.90 Å². The molecule has 1 aromatic rings. The molecule has 2 N–H and O–H groups in total. The molecule has 1 aromatic carbocycles. The van der Waals surface area contributed by atoms with Crippen molar-refractivity contribution in [1.82, 2.24) is 0 Å². The third-order valence-corrected chi connectivity index (χ3v) is 3.12. The van der Waals surface area contributed by atoms with Gasteiger partial charge in [0.25, 0.3) is 0 Å². The Labute approximate surface area is 113 Å². The number of aliphatic carboxylic acids is 1. The van der Waals surface area contributed by atoms with Gasteiger partial charge in [-0.1, -0.05) is 36.4 Å². The summed E-state index contributed by atoms with van der Waals surface area (Å²) in [5, 5.41) is 12.5. The zero-order chi connectivity index (χ0) is 13.7. The molecule has 0 unspecified atom stereocenters. The van der Waals surface area contributed by atoms with Gasteiger partial charge in [-0.15, -0.1) is 0 Å². The summed E-state index contributed by atoms with van der Waals surface area (Å²) in [7, 11) is 1.83. The predicted octanol–water partition coefficient (Wildman–Crippen LogP) is 3.47. The lowest BCUT2D eigenvalue weighted by atomic mass is 9.95. The van der Waals surface area contributed by atoms with Crippen LogP contribution in [0.25, 0.3) is 6.08 Å². The van der Waals surface area contributed by atoms with Gasteiger partial charge < -0.3 is 10.4 Å². The molecule has 3 nitrogen and oxygen atoms in total. The Morgan fingerprint density at radius 3 is 2.79 bits per heavy atom. The third-order valence-electron chi connectivity index (χ3n) is 3.12. The van der Waals surface area contributed by atoms with Gasteiger partial charge in [-0.3, -0.25) is 0 Å². The van der Waals surface area contributed by atoms with E-state index in [1.165, 1.54) is 0 Å². The molecular weight excluding hydrogens is 238 g/mol. The van der Waals surface area contributed by atoms with E-state index in [1.54, 1.807) is 6.08 Å². The number of carboxylic acid groups (broad SMARTS) is 1. The monoisotopic (exact) mass is 255 g/mol. The largest absolute Gasteiger partial charge is 0.478 e. The fourth-order valence-corrected chi connectivity index (χ4v) is 2.12. The van der Waals surface area contributed by atoms with E-state index in [2.05, 4.69) is 5.32 Å². The van der Waals surface area contributed by atoms with Gasteiger partial charge in [-0.2, -0.15) is 0 Å². The average Bonchev–Trinajstić information content (AvgIpc) is 2.45. The van der Waals surface area contributed by atoms with Gasteiger partial charge in [0.15, 0.2) is 0 Å². The summed E-state index contributed by atoms with van der Waals surface area (Å²) in [6, 6.07) is 7.67. The number of para-hydroxylation sites is 1. The summed E-state index contributed by atoms with van der Waals surface area (Å²) in [5.41, 5.74) is 3.05. The minimum Gasteiger partial charge on any atom is -0.478 e. The summed E-state index contributed by atoms with van der Waals surface area (Å²) in [6.45, 7) is 0. The fraction of sp³-hybridized carbons (Fsp3) is 0.188. The minimum absolute atomic E-state index is 0.368. The molecule has 0 bridgehead atoms. The van der Waals surface area contributed by atoms with Crippen LogP contribution >= 0.6 is 0 Å². The molecule has 3 heteroatoms. The Hall–Kier alpha value is -2.29. The first-order chi connectivity index (χ1) is 9.22. The van der Waals surface area contributed by atoms with Crippen molar-refractivity contribution in [2.75, 3.05) is 12.4 Å². The maximum Gasteiger partial charge on any atom is 0.335 e. The van der Waals surface area contributed by atoms with E-state index in [4.69, 9.17) is 0 Å². The van der Waals surface area contributed by atoms with E-state index in [-0.39, 0.29) is 0 Å². The first kappa shape index (κ1) is 13.1. The Balaban J connectivity index is 2.44. The highest BCUT2D eigenvalue weighted by Crippen LogP contribution is 2.25. The molecular formula is C16H17NO2. The minimum atomic E-state index is -0.882. The number of nitrogens with one attached hydrogen (secondary N) is 1. The molecule has 1 aliphatic carbocycles. The van der Waals surface area contributed by atoms with Crippen molar-refractivity contribution >= 4 is 17.7 Å². The predicted molar refractivity (Wildman–Crippen MR) is 78.1 cm³/mol. The van der Waals surface area contributed by atoms with Gasteiger partial charge in [-0.05, 0) is 36.1 Å². The Morgan fingerprint density at radius 2 is 2.16 bits per heavy atom. The molecule has 0 atom stereocenters. The molecule has 0 amide bonds. The molecule has 0 radical (unpaired) electrons. The zero-order valence-corrected chi connectivity index (χ0v) is 10.9. The SMILES string of the molecule is CNc1ccccc1/C=C(/C(=O)O)C1=CC=CCC1. The van der Waals surface area contributed by atoms with Crippen molar-refractivity contribution in [3.8, 4) is 0 Å². The molecule has 0 aliphatic heterocycles. The Kier molecular flexibility index (Phi) is 4.18. The van der Waals surface area contributed by atoms with Crippen LogP contribution < -0.4 is 5.32 Å². The van der Waals surface area contributed by atoms with Gasteiger partial charge in [0.2, 0.25) is 0 Å². The Bertz CT molecular complexity index is 568. The average molecular weight is 255 g/mol. The second-order valence-electron chi connectivity index (χ2n) is 4.36. The molecule has 0 heterocycles. The lowest BCUT2D eigenvalue weighted by Crippen LogP contribution is -2.05. The highest BCUT2D eigenvalue weighted by Gasteiger charge is 2.14. The molecule has 2 rings (SSSR count). The van der Waals surface area contributed by atoms with Gasteiger partial charge in [-0.25, -0.2) is 4.79 Å². The Morgan fingerprint density at radius 1 is 1.37 bits per heavy atom. The van der Waals surface area contributed by atoms with Crippen molar-refractivity contribution in [2.45, 2.75) is 12.8 Å².